The number of carbonyl (C=O) groups is 1. The van der Waals surface area contributed by atoms with Crippen LogP contribution in [0.2, 0.25) is 0 Å². The Balaban J connectivity index is 1.95. The molecule has 3 aromatic carbocycles. The van der Waals surface area contributed by atoms with Gasteiger partial charge in [0.05, 0.1) is 0 Å². The molecule has 0 spiro atoms. The zero-order chi connectivity index (χ0) is 25.7. The van der Waals surface area contributed by atoms with Gasteiger partial charge >= 0.3 is 5.97 Å². The molecule has 0 amide bonds. The van der Waals surface area contributed by atoms with E-state index >= 15 is 0 Å². The second-order valence-electron chi connectivity index (χ2n) is 8.08. The van der Waals surface area contributed by atoms with E-state index in [4.69, 9.17) is 9.47 Å². The van der Waals surface area contributed by atoms with E-state index in [1.54, 1.807) is 25.1 Å². The van der Waals surface area contributed by atoms with E-state index in [9.17, 15) is 18.7 Å². The number of rotatable bonds is 8. The lowest BCUT2D eigenvalue weighted by atomic mass is 9.94. The van der Waals surface area contributed by atoms with Crippen LogP contribution in [0.5, 0.6) is 11.5 Å². The second-order valence-corrected chi connectivity index (χ2v) is 8.08. The number of allylic oxidation sites excluding steroid dienone is 1. The van der Waals surface area contributed by atoms with E-state index in [1.165, 1.54) is 31.2 Å². The summed E-state index contributed by atoms with van der Waals surface area (Å²) in [7, 11) is 0. The van der Waals surface area contributed by atoms with Crippen molar-refractivity contribution in [3.05, 3.63) is 102 Å². The summed E-state index contributed by atoms with van der Waals surface area (Å²) in [6.45, 7) is 12.0. The largest absolute Gasteiger partial charge is 0.458 e. The smallest absolute Gasteiger partial charge is 0.338 e. The van der Waals surface area contributed by atoms with E-state index in [1.807, 2.05) is 31.2 Å². The molecule has 1 N–H and O–H groups in total. The SMILES string of the molecule is C=C(C)C(=O)Oc1ccc(-c2ccc(-c3ccc(OC(O)C(=C)C)c(F)c3)cc2/C=C/C)cc1F. The van der Waals surface area contributed by atoms with Crippen LogP contribution in [0, 0.1) is 11.6 Å². The molecule has 180 valence electrons. The van der Waals surface area contributed by atoms with E-state index in [0.29, 0.717) is 16.7 Å². The lowest BCUT2D eigenvalue weighted by Gasteiger charge is -2.15. The van der Waals surface area contributed by atoms with Crippen molar-refractivity contribution in [2.24, 2.45) is 0 Å². The van der Waals surface area contributed by atoms with E-state index in [2.05, 4.69) is 13.2 Å². The van der Waals surface area contributed by atoms with Gasteiger partial charge in [-0.05, 0) is 84.5 Å². The lowest BCUT2D eigenvalue weighted by molar-refractivity contribution is -0.130. The molecule has 0 saturated heterocycles. The molecule has 0 fully saturated rings. The third-order valence-corrected chi connectivity index (χ3v) is 5.12. The molecule has 3 aromatic rings. The summed E-state index contributed by atoms with van der Waals surface area (Å²) in [5, 5.41) is 9.78. The molecule has 4 nitrogen and oxygen atoms in total. The third kappa shape index (κ3) is 6.11. The predicted octanol–water partition coefficient (Wildman–Crippen LogP) is 7.09. The number of hydrogen-bond donors (Lipinski definition) is 1. The van der Waals surface area contributed by atoms with Crippen LogP contribution in [0.15, 0.2) is 85.0 Å². The lowest BCUT2D eigenvalue weighted by Crippen LogP contribution is -2.16. The molecule has 0 aliphatic heterocycles. The summed E-state index contributed by atoms with van der Waals surface area (Å²) < 4.78 is 39.5. The van der Waals surface area contributed by atoms with Gasteiger partial charge in [0.1, 0.15) is 0 Å². The zero-order valence-electron chi connectivity index (χ0n) is 19.8. The van der Waals surface area contributed by atoms with Crippen molar-refractivity contribution in [2.75, 3.05) is 0 Å². The molecule has 0 heterocycles. The standard InChI is InChI=1S/C29H26F2O4/c1-6-7-21-14-19(20-9-12-26(24(30)15-20)34-28(32)17(2)3)8-11-23(21)22-10-13-27(25(31)16-22)35-29(33)18(4)5/h6-16,28,32H,2,4H2,1,3,5H3/b7-6+. The molecule has 3 rings (SSSR count). The number of halogens is 2. The molecule has 6 heteroatoms. The highest BCUT2D eigenvalue weighted by Gasteiger charge is 2.15. The summed E-state index contributed by atoms with van der Waals surface area (Å²) >= 11 is 0. The molecular weight excluding hydrogens is 450 g/mol. The van der Waals surface area contributed by atoms with Crippen molar-refractivity contribution in [1.29, 1.82) is 0 Å². The minimum atomic E-state index is -1.30. The maximum absolute atomic E-state index is 14.6. The molecule has 0 radical (unpaired) electrons. The molecule has 35 heavy (non-hydrogen) atoms. The Hall–Kier alpha value is -4.03. The molecule has 0 saturated carbocycles. The first-order valence-corrected chi connectivity index (χ1v) is 10.8. The van der Waals surface area contributed by atoms with E-state index < -0.39 is 23.9 Å². The number of esters is 1. The Labute approximate surface area is 203 Å². The molecular formula is C29H26F2O4. The molecule has 0 bridgehead atoms. The first-order valence-electron chi connectivity index (χ1n) is 10.8. The highest BCUT2D eigenvalue weighted by molar-refractivity contribution is 5.89. The summed E-state index contributed by atoms with van der Waals surface area (Å²) in [6, 6.07) is 14.3. The number of benzene rings is 3. The minimum absolute atomic E-state index is 0.0857. The van der Waals surface area contributed by atoms with Crippen LogP contribution in [-0.4, -0.2) is 17.4 Å². The van der Waals surface area contributed by atoms with Gasteiger partial charge in [-0.2, -0.15) is 0 Å². The van der Waals surface area contributed by atoms with E-state index in [0.717, 1.165) is 16.7 Å². The molecule has 0 aliphatic carbocycles. The van der Waals surface area contributed by atoms with Crippen molar-refractivity contribution < 1.29 is 28.2 Å². The number of carbonyl (C=O) groups excluding carboxylic acids is 1. The van der Waals surface area contributed by atoms with Gasteiger partial charge in [0.15, 0.2) is 23.1 Å². The minimum Gasteiger partial charge on any atom is -0.458 e. The fourth-order valence-corrected chi connectivity index (χ4v) is 3.26. The highest BCUT2D eigenvalue weighted by atomic mass is 19.1. The van der Waals surface area contributed by atoms with Gasteiger partial charge in [0, 0.05) is 5.57 Å². The maximum atomic E-state index is 14.6. The number of hydrogen-bond acceptors (Lipinski definition) is 4. The summed E-state index contributed by atoms with van der Waals surface area (Å²) in [6.07, 6.45) is 2.41. The van der Waals surface area contributed by atoms with Gasteiger partial charge in [0.25, 0.3) is 0 Å². The maximum Gasteiger partial charge on any atom is 0.338 e. The van der Waals surface area contributed by atoms with Crippen molar-refractivity contribution in [2.45, 2.75) is 27.1 Å². The van der Waals surface area contributed by atoms with Gasteiger partial charge in [-0.3, -0.25) is 0 Å². The van der Waals surface area contributed by atoms with Gasteiger partial charge in [-0.15, -0.1) is 0 Å². The van der Waals surface area contributed by atoms with Gasteiger partial charge < -0.3 is 14.6 Å². The van der Waals surface area contributed by atoms with Crippen LogP contribution in [0.4, 0.5) is 8.78 Å². The van der Waals surface area contributed by atoms with Crippen LogP contribution in [0.3, 0.4) is 0 Å². The monoisotopic (exact) mass is 476 g/mol. The number of aliphatic hydroxyl groups excluding tert-OH is 1. The zero-order valence-corrected chi connectivity index (χ0v) is 19.8. The summed E-state index contributed by atoms with van der Waals surface area (Å²) in [5.41, 5.74) is 3.98. The van der Waals surface area contributed by atoms with Crippen molar-refractivity contribution in [3.8, 4) is 33.8 Å². The normalized spacial score (nSPS) is 11.8. The Morgan fingerprint density at radius 1 is 0.914 bits per heavy atom. The molecule has 0 aromatic heterocycles. The predicted molar refractivity (Wildman–Crippen MR) is 134 cm³/mol. The van der Waals surface area contributed by atoms with Crippen LogP contribution in [-0.2, 0) is 4.79 Å². The first-order chi connectivity index (χ1) is 16.6. The van der Waals surface area contributed by atoms with Crippen molar-refractivity contribution in [3.63, 3.8) is 0 Å². The van der Waals surface area contributed by atoms with Crippen molar-refractivity contribution >= 4 is 12.0 Å². The Morgan fingerprint density at radius 2 is 1.49 bits per heavy atom. The summed E-state index contributed by atoms with van der Waals surface area (Å²) in [5.74, 6) is -2.27. The first kappa shape index (κ1) is 25.6. The van der Waals surface area contributed by atoms with Crippen LogP contribution < -0.4 is 9.47 Å². The van der Waals surface area contributed by atoms with Gasteiger partial charge in [-0.25, -0.2) is 13.6 Å². The van der Waals surface area contributed by atoms with Crippen LogP contribution >= 0.6 is 0 Å². The average molecular weight is 477 g/mol. The Morgan fingerprint density at radius 3 is 2.09 bits per heavy atom. The van der Waals surface area contributed by atoms with E-state index in [-0.39, 0.29) is 17.1 Å². The van der Waals surface area contributed by atoms with Gasteiger partial charge in [0.2, 0.25) is 6.29 Å². The Kier molecular flexibility index (Phi) is 7.99. The average Bonchev–Trinajstić information content (AvgIpc) is 2.81. The fraction of sp³-hybridized carbons (Fsp3) is 0.138. The number of aliphatic hydroxyl groups is 1. The molecule has 0 aliphatic rings. The molecule has 1 atom stereocenters. The van der Waals surface area contributed by atoms with Crippen LogP contribution in [0.25, 0.3) is 28.3 Å². The summed E-state index contributed by atoms with van der Waals surface area (Å²) in [4.78, 5) is 11.7. The number of ether oxygens (including phenoxy) is 2. The fourth-order valence-electron chi connectivity index (χ4n) is 3.26. The Bertz CT molecular complexity index is 1320. The third-order valence-electron chi connectivity index (χ3n) is 5.12. The molecule has 1 unspecified atom stereocenters. The quantitative estimate of drug-likeness (QED) is 0.124. The second kappa shape index (κ2) is 10.9. The topological polar surface area (TPSA) is 55.8 Å². The van der Waals surface area contributed by atoms with Crippen LogP contribution in [0.1, 0.15) is 26.3 Å². The highest BCUT2D eigenvalue weighted by Crippen LogP contribution is 2.34. The van der Waals surface area contributed by atoms with Gasteiger partial charge in [-0.1, -0.05) is 49.6 Å². The van der Waals surface area contributed by atoms with Crippen molar-refractivity contribution in [1.82, 2.24) is 0 Å².